The predicted octanol–water partition coefficient (Wildman–Crippen LogP) is 4.92. The minimum Gasteiger partial charge on any atom is -0.354 e. The van der Waals surface area contributed by atoms with Gasteiger partial charge in [-0.2, -0.15) is 0 Å². The van der Waals surface area contributed by atoms with Crippen molar-refractivity contribution in [2.45, 2.75) is 4.90 Å². The van der Waals surface area contributed by atoms with E-state index in [9.17, 15) is 12.8 Å². The monoisotopic (exact) mass is 393 g/mol. The average Bonchev–Trinajstić information content (AvgIpc) is 2.70. The van der Waals surface area contributed by atoms with Crippen molar-refractivity contribution >= 4 is 38.0 Å². The molecule has 28 heavy (non-hydrogen) atoms. The van der Waals surface area contributed by atoms with Crippen molar-refractivity contribution in [2.24, 2.45) is 0 Å². The molecule has 0 atom stereocenters. The highest BCUT2D eigenvalue weighted by Gasteiger charge is 2.14. The van der Waals surface area contributed by atoms with Crippen LogP contribution in [0, 0.1) is 5.82 Å². The van der Waals surface area contributed by atoms with E-state index in [1.807, 2.05) is 30.3 Å². The highest BCUT2D eigenvalue weighted by atomic mass is 32.2. The summed E-state index contributed by atoms with van der Waals surface area (Å²) in [4.78, 5) is 4.40. The molecule has 3 aromatic carbocycles. The van der Waals surface area contributed by atoms with Crippen molar-refractivity contribution in [1.82, 2.24) is 4.98 Å². The molecule has 2 N–H and O–H groups in total. The van der Waals surface area contributed by atoms with Gasteiger partial charge in [-0.3, -0.25) is 9.71 Å². The number of nitrogens with zero attached hydrogens (tertiary/aromatic N) is 1. The number of fused-ring (bicyclic) bond motifs is 1. The molecule has 140 valence electrons. The van der Waals surface area contributed by atoms with Crippen LogP contribution in [0.2, 0.25) is 0 Å². The molecule has 1 heterocycles. The van der Waals surface area contributed by atoms with Crippen LogP contribution >= 0.6 is 0 Å². The lowest BCUT2D eigenvalue weighted by molar-refractivity contribution is 0.599. The first kappa shape index (κ1) is 17.9. The van der Waals surface area contributed by atoms with Crippen LogP contribution in [-0.4, -0.2) is 13.4 Å². The van der Waals surface area contributed by atoms with Crippen LogP contribution < -0.4 is 10.0 Å². The van der Waals surface area contributed by atoms with E-state index in [0.717, 1.165) is 34.4 Å². The van der Waals surface area contributed by atoms with Gasteiger partial charge in [0.15, 0.2) is 0 Å². The fraction of sp³-hybridized carbons (Fsp3) is 0. The molecule has 0 spiro atoms. The van der Waals surface area contributed by atoms with Gasteiger partial charge in [0.25, 0.3) is 10.0 Å². The first-order valence-electron chi connectivity index (χ1n) is 8.50. The lowest BCUT2D eigenvalue weighted by atomic mass is 10.2. The summed E-state index contributed by atoms with van der Waals surface area (Å²) in [5, 5.41) is 4.32. The van der Waals surface area contributed by atoms with Crippen molar-refractivity contribution in [2.75, 3.05) is 10.0 Å². The fourth-order valence-corrected chi connectivity index (χ4v) is 3.87. The van der Waals surface area contributed by atoms with Crippen LogP contribution in [-0.2, 0) is 10.0 Å². The number of para-hydroxylation sites is 1. The largest absolute Gasteiger partial charge is 0.354 e. The third-order valence-electron chi connectivity index (χ3n) is 4.17. The number of benzene rings is 3. The normalized spacial score (nSPS) is 11.3. The Morgan fingerprint density at radius 1 is 0.786 bits per heavy atom. The summed E-state index contributed by atoms with van der Waals surface area (Å²) in [6.07, 6.45) is 1.74. The van der Waals surface area contributed by atoms with E-state index in [1.54, 1.807) is 30.5 Å². The molecule has 4 rings (SSSR count). The Morgan fingerprint density at radius 2 is 1.46 bits per heavy atom. The van der Waals surface area contributed by atoms with Gasteiger partial charge in [-0.15, -0.1) is 0 Å². The summed E-state index contributed by atoms with van der Waals surface area (Å²) in [6.45, 7) is 0. The van der Waals surface area contributed by atoms with E-state index < -0.39 is 15.8 Å². The molecule has 0 aliphatic rings. The zero-order chi connectivity index (χ0) is 19.6. The molecular weight excluding hydrogens is 377 g/mol. The molecule has 4 aromatic rings. The van der Waals surface area contributed by atoms with Gasteiger partial charge < -0.3 is 5.32 Å². The van der Waals surface area contributed by atoms with Gasteiger partial charge in [0.2, 0.25) is 0 Å². The highest BCUT2D eigenvalue weighted by Crippen LogP contribution is 2.26. The zero-order valence-corrected chi connectivity index (χ0v) is 15.4. The van der Waals surface area contributed by atoms with Crippen LogP contribution in [0.4, 0.5) is 21.5 Å². The summed E-state index contributed by atoms with van der Waals surface area (Å²) in [6, 6.07) is 21.2. The van der Waals surface area contributed by atoms with Crippen molar-refractivity contribution in [3.05, 3.63) is 90.9 Å². The molecule has 0 saturated carbocycles. The van der Waals surface area contributed by atoms with Crippen LogP contribution in [0.3, 0.4) is 0 Å². The first-order chi connectivity index (χ1) is 13.5. The third-order valence-corrected chi connectivity index (χ3v) is 5.57. The maximum Gasteiger partial charge on any atom is 0.261 e. The zero-order valence-electron chi connectivity index (χ0n) is 14.6. The van der Waals surface area contributed by atoms with E-state index in [-0.39, 0.29) is 4.90 Å². The highest BCUT2D eigenvalue weighted by molar-refractivity contribution is 7.92. The number of rotatable bonds is 5. The second-order valence-electron chi connectivity index (χ2n) is 6.14. The van der Waals surface area contributed by atoms with Crippen LogP contribution in [0.25, 0.3) is 10.9 Å². The van der Waals surface area contributed by atoms with Crippen molar-refractivity contribution in [3.8, 4) is 0 Å². The lowest BCUT2D eigenvalue weighted by Crippen LogP contribution is -2.12. The van der Waals surface area contributed by atoms with E-state index in [1.165, 1.54) is 12.1 Å². The van der Waals surface area contributed by atoms with Gasteiger partial charge in [-0.1, -0.05) is 18.2 Å². The lowest BCUT2D eigenvalue weighted by Gasteiger charge is -2.11. The minimum atomic E-state index is -3.78. The Bertz CT molecular complexity index is 1220. The number of anilines is 3. The smallest absolute Gasteiger partial charge is 0.261 e. The van der Waals surface area contributed by atoms with Gasteiger partial charge in [-0.05, 0) is 60.7 Å². The fourth-order valence-electron chi connectivity index (χ4n) is 2.81. The van der Waals surface area contributed by atoms with Crippen molar-refractivity contribution < 1.29 is 12.8 Å². The second kappa shape index (κ2) is 7.28. The molecule has 0 amide bonds. The summed E-state index contributed by atoms with van der Waals surface area (Å²) >= 11 is 0. The molecule has 0 fully saturated rings. The Labute approximate surface area is 161 Å². The summed E-state index contributed by atoms with van der Waals surface area (Å²) < 4.78 is 40.2. The molecule has 1 aromatic heterocycles. The molecule has 0 saturated heterocycles. The maximum absolute atomic E-state index is 13.0. The second-order valence-corrected chi connectivity index (χ2v) is 7.82. The van der Waals surface area contributed by atoms with Crippen molar-refractivity contribution in [1.29, 1.82) is 0 Å². The molecule has 0 unspecified atom stereocenters. The number of halogens is 1. The van der Waals surface area contributed by atoms with Crippen LogP contribution in [0.5, 0.6) is 0 Å². The van der Waals surface area contributed by atoms with Crippen molar-refractivity contribution in [3.63, 3.8) is 0 Å². The Morgan fingerprint density at radius 3 is 2.21 bits per heavy atom. The first-order valence-corrected chi connectivity index (χ1v) is 9.99. The number of hydrogen-bond donors (Lipinski definition) is 2. The predicted molar refractivity (Wildman–Crippen MR) is 109 cm³/mol. The topological polar surface area (TPSA) is 71.1 Å². The summed E-state index contributed by atoms with van der Waals surface area (Å²) in [5.41, 5.74) is 2.91. The van der Waals surface area contributed by atoms with Gasteiger partial charge >= 0.3 is 0 Å². The Balaban J connectivity index is 1.53. The van der Waals surface area contributed by atoms with E-state index in [4.69, 9.17) is 0 Å². The Kier molecular flexibility index (Phi) is 4.67. The SMILES string of the molecule is O=S(=O)(Nc1ccc(Nc2cccc3cccnc23)cc1)c1ccc(F)cc1. The summed E-state index contributed by atoms with van der Waals surface area (Å²) in [5.74, 6) is -0.489. The number of sulfonamides is 1. The van der Waals surface area contributed by atoms with Gasteiger partial charge in [0.1, 0.15) is 5.82 Å². The third kappa shape index (κ3) is 3.79. The van der Waals surface area contributed by atoms with E-state index in [2.05, 4.69) is 15.0 Å². The van der Waals surface area contributed by atoms with Crippen LogP contribution in [0.15, 0.2) is 90.0 Å². The number of nitrogens with one attached hydrogen (secondary N) is 2. The molecule has 0 bridgehead atoms. The molecule has 0 radical (unpaired) electrons. The molecule has 0 aliphatic carbocycles. The van der Waals surface area contributed by atoms with Crippen LogP contribution in [0.1, 0.15) is 0 Å². The maximum atomic E-state index is 13.0. The molecule has 5 nitrogen and oxygen atoms in total. The number of pyridine rings is 1. The van der Waals surface area contributed by atoms with Gasteiger partial charge in [0, 0.05) is 23.0 Å². The molecule has 7 heteroatoms. The van der Waals surface area contributed by atoms with E-state index >= 15 is 0 Å². The minimum absolute atomic E-state index is 0.00192. The van der Waals surface area contributed by atoms with Gasteiger partial charge in [0.05, 0.1) is 16.1 Å². The number of hydrogen-bond acceptors (Lipinski definition) is 4. The average molecular weight is 393 g/mol. The standard InChI is InChI=1S/C21H16FN3O2S/c22-16-6-12-19(13-7-16)28(26,27)25-18-10-8-17(9-11-18)24-20-5-1-3-15-4-2-14-23-21(15)20/h1-14,24-25H. The van der Waals surface area contributed by atoms with E-state index in [0.29, 0.717) is 5.69 Å². The molecular formula is C21H16FN3O2S. The van der Waals surface area contributed by atoms with Gasteiger partial charge in [-0.25, -0.2) is 12.8 Å². The molecule has 0 aliphatic heterocycles. The quantitative estimate of drug-likeness (QED) is 0.505. The summed E-state index contributed by atoms with van der Waals surface area (Å²) in [7, 11) is -3.78. The Hall–Kier alpha value is -3.45. The number of aromatic nitrogens is 1.